The van der Waals surface area contributed by atoms with Gasteiger partial charge in [0.05, 0.1) is 11.9 Å². The first-order chi connectivity index (χ1) is 24.8. The largest absolute Gasteiger partial charge is 0.359 e. The fourth-order valence-electron chi connectivity index (χ4n) is 6.36. The van der Waals surface area contributed by atoms with Gasteiger partial charge in [-0.3, -0.25) is 24.6 Å². The summed E-state index contributed by atoms with van der Waals surface area (Å²) in [5.74, 6) is -1.01. The topological polar surface area (TPSA) is 173 Å². The molecule has 4 amide bonds. The number of carbonyl (C=O) groups is 4. The Bertz CT molecular complexity index is 1420. The highest BCUT2D eigenvalue weighted by atomic mass is 16.2. The van der Waals surface area contributed by atoms with Gasteiger partial charge in [-0.1, -0.05) is 88.4 Å². The van der Waals surface area contributed by atoms with Crippen LogP contribution >= 0.6 is 0 Å². The maximum absolute atomic E-state index is 14.1. The molecule has 1 fully saturated rings. The Morgan fingerprint density at radius 1 is 0.712 bits per heavy atom. The molecule has 2 aromatic carbocycles. The number of hydrogen-bond acceptors (Lipinski definition) is 7. The first kappa shape index (κ1) is 42.1. The lowest BCUT2D eigenvalue weighted by molar-refractivity contribution is -0.138. The predicted octanol–water partition coefficient (Wildman–Crippen LogP) is 3.00. The molecule has 2 aromatic rings. The number of nitrogens with zero attached hydrogens (tertiary/aromatic N) is 2. The summed E-state index contributed by atoms with van der Waals surface area (Å²) in [7, 11) is 0. The van der Waals surface area contributed by atoms with Crippen LogP contribution in [0.1, 0.15) is 77.8 Å². The molecular formula is C40H62N8O4. The molecule has 52 heavy (non-hydrogen) atoms. The van der Waals surface area contributed by atoms with Crippen molar-refractivity contribution in [1.29, 1.82) is 5.41 Å². The van der Waals surface area contributed by atoms with Gasteiger partial charge in [0.1, 0.15) is 18.1 Å². The molecule has 0 aliphatic carbocycles. The van der Waals surface area contributed by atoms with E-state index in [1.807, 2.05) is 79.4 Å². The quantitative estimate of drug-likeness (QED) is 0.0736. The number of hydrogen-bond donors (Lipinski definition) is 6. The van der Waals surface area contributed by atoms with E-state index in [-0.39, 0.29) is 18.2 Å². The summed E-state index contributed by atoms with van der Waals surface area (Å²) in [4.78, 5) is 59.2. The van der Waals surface area contributed by atoms with Crippen LogP contribution in [0.15, 0.2) is 60.7 Å². The average Bonchev–Trinajstić information content (AvgIpc) is 3.37. The van der Waals surface area contributed by atoms with Crippen molar-refractivity contribution in [2.24, 2.45) is 11.7 Å². The Labute approximate surface area is 310 Å². The third kappa shape index (κ3) is 14.7. The van der Waals surface area contributed by atoms with Crippen LogP contribution in [0.4, 0.5) is 0 Å². The van der Waals surface area contributed by atoms with Crippen molar-refractivity contribution >= 4 is 29.5 Å². The van der Waals surface area contributed by atoms with Crippen molar-refractivity contribution in [3.63, 3.8) is 0 Å². The molecule has 1 aliphatic heterocycles. The van der Waals surface area contributed by atoms with Crippen LogP contribution in [-0.4, -0.2) is 102 Å². The molecule has 12 nitrogen and oxygen atoms in total. The zero-order valence-electron chi connectivity index (χ0n) is 31.8. The Morgan fingerprint density at radius 3 is 1.85 bits per heavy atom. The van der Waals surface area contributed by atoms with E-state index in [1.54, 1.807) is 11.8 Å². The van der Waals surface area contributed by atoms with Gasteiger partial charge in [-0.15, -0.1) is 0 Å². The van der Waals surface area contributed by atoms with Crippen molar-refractivity contribution < 1.29 is 19.2 Å². The summed E-state index contributed by atoms with van der Waals surface area (Å²) < 4.78 is 0. The smallest absolute Gasteiger partial charge is 0.245 e. The van der Waals surface area contributed by atoms with E-state index >= 15 is 0 Å². The fraction of sp³-hybridized carbons (Fsp3) is 0.575. The van der Waals surface area contributed by atoms with Crippen molar-refractivity contribution in [3.05, 3.63) is 71.8 Å². The normalized spacial score (nSPS) is 15.7. The van der Waals surface area contributed by atoms with E-state index in [2.05, 4.69) is 35.1 Å². The van der Waals surface area contributed by atoms with Crippen LogP contribution in [0, 0.1) is 11.3 Å². The van der Waals surface area contributed by atoms with Crippen molar-refractivity contribution in [2.75, 3.05) is 32.7 Å². The lowest BCUT2D eigenvalue weighted by atomic mass is 9.99. The Hall–Kier alpha value is -4.29. The van der Waals surface area contributed by atoms with Gasteiger partial charge in [0.25, 0.3) is 0 Å². The van der Waals surface area contributed by atoms with Crippen LogP contribution in [0.25, 0.3) is 0 Å². The molecule has 0 radical (unpaired) electrons. The van der Waals surface area contributed by atoms with Crippen LogP contribution in [0.3, 0.4) is 0 Å². The lowest BCUT2D eigenvalue weighted by Gasteiger charge is -2.30. The predicted molar refractivity (Wildman–Crippen MR) is 207 cm³/mol. The number of amides is 4. The van der Waals surface area contributed by atoms with E-state index in [9.17, 15) is 19.2 Å². The highest BCUT2D eigenvalue weighted by Gasteiger charge is 2.33. The minimum Gasteiger partial charge on any atom is -0.359 e. The molecule has 0 aromatic heterocycles. The molecule has 3 rings (SSSR count). The van der Waals surface area contributed by atoms with Gasteiger partial charge in [0.15, 0.2) is 0 Å². The van der Waals surface area contributed by atoms with Crippen LogP contribution in [0.2, 0.25) is 0 Å². The Morgan fingerprint density at radius 2 is 1.25 bits per heavy atom. The number of amidine groups is 1. The SMILES string of the molecule is CC(=N)N1CCCN(C(=O)[C@@H](CCCCNC(C)C)NC(=O)[C@@H](CC(C)C)NC(=O)[C@@H](Cc2ccccc2)NC(=O)[C@H](N)Cc2ccccc2)CC1. The van der Waals surface area contributed by atoms with E-state index < -0.39 is 41.9 Å². The molecule has 0 unspecified atom stereocenters. The second-order valence-corrected chi connectivity index (χ2v) is 14.7. The van der Waals surface area contributed by atoms with Crippen molar-refractivity contribution in [2.45, 2.75) is 110 Å². The van der Waals surface area contributed by atoms with Gasteiger partial charge >= 0.3 is 0 Å². The van der Waals surface area contributed by atoms with Crippen molar-refractivity contribution in [3.8, 4) is 0 Å². The number of unbranched alkanes of at least 4 members (excludes halogenated alkanes) is 1. The zero-order valence-corrected chi connectivity index (χ0v) is 31.8. The zero-order chi connectivity index (χ0) is 38.0. The van der Waals surface area contributed by atoms with Gasteiger partial charge < -0.3 is 36.8 Å². The van der Waals surface area contributed by atoms with E-state index in [4.69, 9.17) is 11.1 Å². The first-order valence-corrected chi connectivity index (χ1v) is 18.9. The summed E-state index contributed by atoms with van der Waals surface area (Å²) in [6, 6.07) is 15.6. The van der Waals surface area contributed by atoms with E-state index in [0.717, 1.165) is 36.9 Å². The molecule has 1 heterocycles. The molecule has 1 aliphatic rings. The molecule has 0 saturated carbocycles. The van der Waals surface area contributed by atoms with Crippen LogP contribution in [0.5, 0.6) is 0 Å². The van der Waals surface area contributed by atoms with E-state index in [0.29, 0.717) is 57.3 Å². The summed E-state index contributed by atoms with van der Waals surface area (Å²) in [5.41, 5.74) is 8.05. The summed E-state index contributed by atoms with van der Waals surface area (Å²) in [5, 5.41) is 20.3. The Balaban J connectivity index is 1.78. The van der Waals surface area contributed by atoms with Crippen LogP contribution < -0.4 is 27.0 Å². The summed E-state index contributed by atoms with van der Waals surface area (Å²) in [6.07, 6.45) is 3.62. The Kier molecular flexibility index (Phi) is 17.8. The molecule has 4 atom stereocenters. The number of nitrogens with one attached hydrogen (secondary N) is 5. The van der Waals surface area contributed by atoms with Gasteiger partial charge in [-0.25, -0.2) is 0 Å². The fourth-order valence-corrected chi connectivity index (χ4v) is 6.36. The third-order valence-corrected chi connectivity index (χ3v) is 9.26. The number of nitrogens with two attached hydrogens (primary N) is 1. The lowest BCUT2D eigenvalue weighted by Crippen LogP contribution is -2.58. The molecule has 12 heteroatoms. The van der Waals surface area contributed by atoms with Gasteiger partial charge in [-0.2, -0.15) is 0 Å². The highest BCUT2D eigenvalue weighted by Crippen LogP contribution is 2.13. The van der Waals surface area contributed by atoms with Crippen LogP contribution in [-0.2, 0) is 32.0 Å². The molecule has 286 valence electrons. The maximum atomic E-state index is 14.1. The molecule has 7 N–H and O–H groups in total. The molecular weight excluding hydrogens is 656 g/mol. The first-order valence-electron chi connectivity index (χ1n) is 18.9. The number of carbonyl (C=O) groups excluding carboxylic acids is 4. The van der Waals surface area contributed by atoms with Crippen molar-refractivity contribution in [1.82, 2.24) is 31.1 Å². The third-order valence-electron chi connectivity index (χ3n) is 9.26. The summed E-state index contributed by atoms with van der Waals surface area (Å²) in [6.45, 7) is 13.0. The van der Waals surface area contributed by atoms with E-state index in [1.165, 1.54) is 0 Å². The average molecular weight is 719 g/mol. The highest BCUT2D eigenvalue weighted by molar-refractivity contribution is 5.95. The second-order valence-electron chi connectivity index (χ2n) is 14.7. The monoisotopic (exact) mass is 718 g/mol. The molecule has 1 saturated heterocycles. The molecule has 0 spiro atoms. The van der Waals surface area contributed by atoms with Gasteiger partial charge in [-0.05, 0) is 69.0 Å². The second kappa shape index (κ2) is 21.9. The minimum atomic E-state index is -0.984. The molecule has 0 bridgehead atoms. The standard InChI is InChI=1S/C40H62N8O4/c1-28(2)25-35(38(50)44-34(19-12-13-20-43-29(3)4)40(52)48-22-14-21-47(23-24-48)30(5)41)46-39(51)36(27-32-17-10-7-11-18-32)45-37(49)33(42)26-31-15-8-6-9-16-31/h6-11,15-18,28-29,33-36,41,43H,12-14,19-27,42H2,1-5H3,(H,44,50)(H,45,49)(H,46,51)/t33-,34-,35-,36-/m1/s1. The summed E-state index contributed by atoms with van der Waals surface area (Å²) >= 11 is 0. The number of benzene rings is 2. The number of rotatable bonds is 19. The van der Waals surface area contributed by atoms with Gasteiger partial charge in [0.2, 0.25) is 23.6 Å². The van der Waals surface area contributed by atoms with Gasteiger partial charge in [0, 0.05) is 38.6 Å². The minimum absolute atomic E-state index is 0.0507. The maximum Gasteiger partial charge on any atom is 0.245 e.